The summed E-state index contributed by atoms with van der Waals surface area (Å²) in [5.74, 6) is 1.26. The molecule has 2 amide bonds. The van der Waals surface area contributed by atoms with E-state index < -0.39 is 6.03 Å². The van der Waals surface area contributed by atoms with Crippen LogP contribution in [0.4, 0.5) is 4.79 Å². The number of primary amides is 1. The molecule has 0 aromatic rings. The van der Waals surface area contributed by atoms with Crippen molar-refractivity contribution in [2.24, 2.45) is 28.1 Å². The van der Waals surface area contributed by atoms with Gasteiger partial charge in [-0.25, -0.2) is 10.2 Å². The molecule has 19 heavy (non-hydrogen) atoms. The minimum absolute atomic E-state index is 0.423. The average Bonchev–Trinajstić information content (AvgIpc) is 2.95. The molecule has 1 rings (SSSR count). The zero-order valence-electron chi connectivity index (χ0n) is 12.8. The molecule has 0 heterocycles. The van der Waals surface area contributed by atoms with Crippen LogP contribution in [0.15, 0.2) is 5.10 Å². The van der Waals surface area contributed by atoms with E-state index in [2.05, 4.69) is 31.3 Å². The standard InChI is InChI=1S/C15H29N3O/c1-5-8-12-13(11(4)17-18-14(16)19)15(12,9-6-2)10-7-3/h12-13H,5-10H2,1-4H3,(H3,16,18,19)/t12-,13+/m1/s1. The normalized spacial score (nSPS) is 25.2. The van der Waals surface area contributed by atoms with Crippen LogP contribution in [0.3, 0.4) is 0 Å². The number of nitrogens with one attached hydrogen (secondary N) is 1. The maximum atomic E-state index is 10.8. The monoisotopic (exact) mass is 267 g/mol. The van der Waals surface area contributed by atoms with Gasteiger partial charge in [0.1, 0.15) is 0 Å². The molecule has 3 N–H and O–H groups in total. The van der Waals surface area contributed by atoms with Gasteiger partial charge in [0.15, 0.2) is 0 Å². The lowest BCUT2D eigenvalue weighted by Gasteiger charge is -2.16. The minimum atomic E-state index is -0.580. The van der Waals surface area contributed by atoms with E-state index in [9.17, 15) is 4.79 Å². The molecule has 0 aromatic carbocycles. The molecular weight excluding hydrogens is 238 g/mol. The topological polar surface area (TPSA) is 67.5 Å². The summed E-state index contributed by atoms with van der Waals surface area (Å²) in [7, 11) is 0. The predicted molar refractivity (Wildman–Crippen MR) is 80.0 cm³/mol. The van der Waals surface area contributed by atoms with E-state index in [1.807, 2.05) is 6.92 Å². The fourth-order valence-corrected chi connectivity index (χ4v) is 4.00. The number of carbonyl (C=O) groups is 1. The molecule has 1 fully saturated rings. The summed E-state index contributed by atoms with van der Waals surface area (Å²) in [5.41, 5.74) is 8.92. The Balaban J connectivity index is 2.83. The van der Waals surface area contributed by atoms with Gasteiger partial charge in [-0.05, 0) is 37.5 Å². The van der Waals surface area contributed by atoms with Crippen LogP contribution in [0.25, 0.3) is 0 Å². The highest BCUT2D eigenvalue weighted by atomic mass is 16.2. The first-order chi connectivity index (χ1) is 9.03. The van der Waals surface area contributed by atoms with E-state index in [0.717, 1.165) is 11.6 Å². The first kappa shape index (κ1) is 16.0. The molecule has 0 aliphatic heterocycles. The number of hydrogen-bond acceptors (Lipinski definition) is 2. The largest absolute Gasteiger partial charge is 0.350 e. The Hall–Kier alpha value is -1.06. The molecule has 0 radical (unpaired) electrons. The van der Waals surface area contributed by atoms with Gasteiger partial charge in [0.05, 0.1) is 0 Å². The number of rotatable bonds is 8. The summed E-state index contributed by atoms with van der Waals surface area (Å²) in [6.07, 6.45) is 7.43. The second-order valence-corrected chi connectivity index (χ2v) is 5.84. The van der Waals surface area contributed by atoms with Crippen LogP contribution >= 0.6 is 0 Å². The Morgan fingerprint density at radius 3 is 2.21 bits per heavy atom. The number of urea groups is 1. The van der Waals surface area contributed by atoms with Crippen molar-refractivity contribution < 1.29 is 4.79 Å². The molecule has 4 heteroatoms. The lowest BCUT2D eigenvalue weighted by atomic mass is 9.89. The molecule has 1 aliphatic carbocycles. The van der Waals surface area contributed by atoms with E-state index in [1.54, 1.807) is 0 Å². The van der Waals surface area contributed by atoms with Crippen molar-refractivity contribution in [2.45, 2.75) is 66.2 Å². The minimum Gasteiger partial charge on any atom is -0.350 e. The number of nitrogens with two attached hydrogens (primary N) is 1. The van der Waals surface area contributed by atoms with Gasteiger partial charge in [-0.1, -0.05) is 40.0 Å². The van der Waals surface area contributed by atoms with Crippen LogP contribution < -0.4 is 11.2 Å². The van der Waals surface area contributed by atoms with Crippen LogP contribution in [0.5, 0.6) is 0 Å². The number of amides is 2. The second-order valence-electron chi connectivity index (χ2n) is 5.84. The van der Waals surface area contributed by atoms with Gasteiger partial charge < -0.3 is 5.73 Å². The lowest BCUT2D eigenvalue weighted by Crippen LogP contribution is -2.26. The van der Waals surface area contributed by atoms with Crippen molar-refractivity contribution in [3.63, 3.8) is 0 Å². The zero-order valence-corrected chi connectivity index (χ0v) is 12.8. The van der Waals surface area contributed by atoms with E-state index in [0.29, 0.717) is 11.3 Å². The number of carbonyl (C=O) groups excluding carboxylic acids is 1. The molecule has 1 aliphatic rings. The molecule has 0 saturated heterocycles. The van der Waals surface area contributed by atoms with Crippen LogP contribution in [0, 0.1) is 17.3 Å². The fourth-order valence-electron chi connectivity index (χ4n) is 4.00. The third kappa shape index (κ3) is 3.48. The molecule has 0 unspecified atom stereocenters. The van der Waals surface area contributed by atoms with Gasteiger partial charge in [-0.2, -0.15) is 5.10 Å². The van der Waals surface area contributed by atoms with Crippen molar-refractivity contribution in [2.75, 3.05) is 0 Å². The Bertz CT molecular complexity index is 332. The van der Waals surface area contributed by atoms with Gasteiger partial charge in [0.2, 0.25) is 0 Å². The second kappa shape index (κ2) is 6.92. The SMILES string of the molecule is CCC[C@@H]1[C@H](C(C)=NNC(N)=O)C1(CCC)CCC. The third-order valence-corrected chi connectivity index (χ3v) is 4.47. The third-order valence-electron chi connectivity index (χ3n) is 4.47. The van der Waals surface area contributed by atoms with E-state index in [4.69, 9.17) is 5.73 Å². The first-order valence-corrected chi connectivity index (χ1v) is 7.63. The van der Waals surface area contributed by atoms with E-state index >= 15 is 0 Å². The predicted octanol–water partition coefficient (Wildman–Crippen LogP) is 3.66. The van der Waals surface area contributed by atoms with E-state index in [1.165, 1.54) is 38.5 Å². The lowest BCUT2D eigenvalue weighted by molar-refractivity contribution is 0.249. The first-order valence-electron chi connectivity index (χ1n) is 7.63. The summed E-state index contributed by atoms with van der Waals surface area (Å²) in [5, 5.41) is 4.17. The Morgan fingerprint density at radius 1 is 1.21 bits per heavy atom. The maximum absolute atomic E-state index is 10.8. The van der Waals surface area contributed by atoms with E-state index in [-0.39, 0.29) is 0 Å². The Morgan fingerprint density at radius 2 is 1.79 bits per heavy atom. The maximum Gasteiger partial charge on any atom is 0.332 e. The molecule has 4 nitrogen and oxygen atoms in total. The van der Waals surface area contributed by atoms with Gasteiger partial charge >= 0.3 is 6.03 Å². The molecule has 110 valence electrons. The number of hydrazone groups is 1. The van der Waals surface area contributed by atoms with Crippen molar-refractivity contribution >= 4 is 11.7 Å². The molecule has 0 aromatic heterocycles. The van der Waals surface area contributed by atoms with Crippen molar-refractivity contribution in [1.82, 2.24) is 5.43 Å². The Labute approximate surface area is 117 Å². The van der Waals surface area contributed by atoms with Crippen LogP contribution in [-0.4, -0.2) is 11.7 Å². The van der Waals surface area contributed by atoms with Crippen LogP contribution in [0.2, 0.25) is 0 Å². The smallest absolute Gasteiger partial charge is 0.332 e. The van der Waals surface area contributed by atoms with Gasteiger partial charge in [-0.15, -0.1) is 0 Å². The van der Waals surface area contributed by atoms with Crippen LogP contribution in [0.1, 0.15) is 66.2 Å². The Kier molecular flexibility index (Phi) is 5.83. The summed E-state index contributed by atoms with van der Waals surface area (Å²) in [6.45, 7) is 8.77. The highest BCUT2D eigenvalue weighted by Gasteiger charge is 2.62. The van der Waals surface area contributed by atoms with Gasteiger partial charge in [-0.3, -0.25) is 0 Å². The number of hydrogen-bond donors (Lipinski definition) is 2. The fraction of sp³-hybridized carbons (Fsp3) is 0.867. The summed E-state index contributed by atoms with van der Waals surface area (Å²) < 4.78 is 0. The van der Waals surface area contributed by atoms with Crippen molar-refractivity contribution in [3.05, 3.63) is 0 Å². The molecule has 0 bridgehead atoms. The summed E-state index contributed by atoms with van der Waals surface area (Å²) in [6, 6.07) is -0.580. The molecule has 2 atom stereocenters. The average molecular weight is 267 g/mol. The van der Waals surface area contributed by atoms with Crippen LogP contribution in [-0.2, 0) is 0 Å². The van der Waals surface area contributed by atoms with Gasteiger partial charge in [0.25, 0.3) is 0 Å². The highest BCUT2D eigenvalue weighted by Crippen LogP contribution is 2.66. The summed E-state index contributed by atoms with van der Waals surface area (Å²) in [4.78, 5) is 10.8. The quantitative estimate of drug-likeness (QED) is 0.511. The molecule has 0 spiro atoms. The zero-order chi connectivity index (χ0) is 14.5. The highest BCUT2D eigenvalue weighted by molar-refractivity contribution is 5.89. The summed E-state index contributed by atoms with van der Waals surface area (Å²) >= 11 is 0. The number of nitrogens with zero attached hydrogens (tertiary/aromatic N) is 1. The molecule has 1 saturated carbocycles. The van der Waals surface area contributed by atoms with Gasteiger partial charge in [0, 0.05) is 11.6 Å². The molecular formula is C15H29N3O. The van der Waals surface area contributed by atoms with Crippen molar-refractivity contribution in [1.29, 1.82) is 0 Å². The van der Waals surface area contributed by atoms with Crippen molar-refractivity contribution in [3.8, 4) is 0 Å².